The number of nitrogens with zero attached hydrogens (tertiary/aromatic N) is 3. The van der Waals surface area contributed by atoms with Gasteiger partial charge in [-0.1, -0.05) is 0 Å². The van der Waals surface area contributed by atoms with E-state index in [0.717, 1.165) is 13.1 Å². The minimum atomic E-state index is -5.21. The van der Waals surface area contributed by atoms with Crippen molar-refractivity contribution in [3.05, 3.63) is 23.8 Å². The molecule has 2 rings (SSSR count). The summed E-state index contributed by atoms with van der Waals surface area (Å²) in [5.41, 5.74) is -0.223. The zero-order valence-electron chi connectivity index (χ0n) is 17.5. The molecule has 31 heavy (non-hydrogen) atoms. The van der Waals surface area contributed by atoms with Crippen molar-refractivity contribution >= 4 is 35.7 Å². The number of carbonyl (C=O) groups excluding carboxylic acids is 1. The van der Waals surface area contributed by atoms with E-state index >= 15 is 0 Å². The maximum atomic E-state index is 13.4. The maximum Gasteiger partial charge on any atom is 0.471 e. The first-order chi connectivity index (χ1) is 14.1. The fraction of sp³-hybridized carbons (Fsp3) is 0.579. The second-order valence-corrected chi connectivity index (χ2v) is 7.03. The summed E-state index contributed by atoms with van der Waals surface area (Å²) in [6.07, 6.45) is -5.21. The Kier molecular flexibility index (Phi) is 10.0. The number of carboxylic acids is 1. The lowest BCUT2D eigenvalue weighted by molar-refractivity contribution is -0.171. The Morgan fingerprint density at radius 3 is 2.13 bits per heavy atom. The van der Waals surface area contributed by atoms with Gasteiger partial charge < -0.3 is 24.4 Å². The fourth-order valence-corrected chi connectivity index (χ4v) is 3.35. The van der Waals surface area contributed by atoms with Gasteiger partial charge in [-0.3, -0.25) is 9.69 Å². The summed E-state index contributed by atoms with van der Waals surface area (Å²) in [4.78, 5) is 28.6. The summed E-state index contributed by atoms with van der Waals surface area (Å²) >= 11 is 0. The van der Waals surface area contributed by atoms with Gasteiger partial charge >= 0.3 is 18.1 Å². The Balaban J connectivity index is 0.00000480. The largest absolute Gasteiger partial charge is 0.478 e. The molecule has 0 spiro atoms. The summed E-state index contributed by atoms with van der Waals surface area (Å²) in [7, 11) is 4.51. The zero-order valence-corrected chi connectivity index (χ0v) is 18.3. The van der Waals surface area contributed by atoms with Crippen LogP contribution < -0.4 is 9.80 Å². The Morgan fingerprint density at radius 2 is 1.68 bits per heavy atom. The first kappa shape index (κ1) is 27.0. The number of carbonyl (C=O) groups is 2. The van der Waals surface area contributed by atoms with Gasteiger partial charge in [0.05, 0.1) is 30.5 Å². The average Bonchev–Trinajstić information content (AvgIpc) is 2.68. The van der Waals surface area contributed by atoms with Gasteiger partial charge in [0.25, 0.3) is 0 Å². The van der Waals surface area contributed by atoms with Crippen LogP contribution in [0, 0.1) is 0 Å². The highest BCUT2D eigenvalue weighted by Gasteiger charge is 2.46. The van der Waals surface area contributed by atoms with Gasteiger partial charge in [0, 0.05) is 46.1 Å². The van der Waals surface area contributed by atoms with Crippen molar-refractivity contribution in [3.8, 4) is 0 Å². The third kappa shape index (κ3) is 6.70. The van der Waals surface area contributed by atoms with E-state index in [1.54, 1.807) is 0 Å². The molecule has 0 saturated carbocycles. The van der Waals surface area contributed by atoms with Crippen molar-refractivity contribution in [2.45, 2.75) is 12.2 Å². The number of benzene rings is 1. The molecule has 1 saturated heterocycles. The topological polar surface area (TPSA) is 82.6 Å². The highest BCUT2D eigenvalue weighted by atomic mass is 35.5. The average molecular weight is 470 g/mol. The molecule has 1 aromatic rings. The number of carboxylic acid groups (broad SMARTS) is 1. The Morgan fingerprint density at radius 1 is 1.13 bits per heavy atom. The van der Waals surface area contributed by atoms with E-state index < -0.39 is 29.7 Å². The number of ether oxygens (including phenoxy) is 2. The summed E-state index contributed by atoms with van der Waals surface area (Å²) < 4.78 is 50.2. The number of piperazine rings is 1. The van der Waals surface area contributed by atoms with Crippen molar-refractivity contribution in [1.82, 2.24) is 4.90 Å². The molecule has 0 unspecified atom stereocenters. The number of alkyl halides is 3. The quantitative estimate of drug-likeness (QED) is 0.624. The van der Waals surface area contributed by atoms with Crippen LogP contribution in [0.4, 0.5) is 24.5 Å². The van der Waals surface area contributed by atoms with Gasteiger partial charge in [0.1, 0.15) is 0 Å². The van der Waals surface area contributed by atoms with E-state index in [1.165, 1.54) is 32.4 Å². The molecule has 1 fully saturated rings. The van der Waals surface area contributed by atoms with Crippen molar-refractivity contribution < 1.29 is 37.3 Å². The van der Waals surface area contributed by atoms with Crippen LogP contribution in [0.3, 0.4) is 0 Å². The van der Waals surface area contributed by atoms with Gasteiger partial charge in [0.15, 0.2) is 0 Å². The second kappa shape index (κ2) is 11.5. The molecule has 0 atom stereocenters. The van der Waals surface area contributed by atoms with Crippen LogP contribution in [0.5, 0.6) is 0 Å². The molecule has 0 aliphatic carbocycles. The number of hydrogen-bond acceptors (Lipinski definition) is 6. The minimum Gasteiger partial charge on any atom is -0.478 e. The van der Waals surface area contributed by atoms with E-state index in [4.69, 9.17) is 9.47 Å². The van der Waals surface area contributed by atoms with E-state index in [0.29, 0.717) is 23.7 Å². The normalized spacial score (nSPS) is 15.0. The Hall–Kier alpha value is -2.08. The van der Waals surface area contributed by atoms with Crippen LogP contribution in [-0.2, 0) is 14.3 Å². The monoisotopic (exact) mass is 469 g/mol. The summed E-state index contributed by atoms with van der Waals surface area (Å²) in [6, 6.07) is 2.90. The van der Waals surface area contributed by atoms with E-state index in [1.807, 2.05) is 11.9 Å². The van der Waals surface area contributed by atoms with Crippen LogP contribution in [-0.4, -0.2) is 94.8 Å². The van der Waals surface area contributed by atoms with Crippen molar-refractivity contribution in [2.24, 2.45) is 0 Å². The van der Waals surface area contributed by atoms with E-state index in [-0.39, 0.29) is 31.3 Å². The highest BCUT2D eigenvalue weighted by molar-refractivity contribution is 6.05. The number of methoxy groups -OCH3 is 2. The van der Waals surface area contributed by atoms with Gasteiger partial charge in [-0.2, -0.15) is 13.2 Å². The predicted molar refractivity (Wildman–Crippen MR) is 111 cm³/mol. The van der Waals surface area contributed by atoms with Gasteiger partial charge in [-0.25, -0.2) is 4.79 Å². The van der Waals surface area contributed by atoms with Crippen molar-refractivity contribution in [3.63, 3.8) is 0 Å². The van der Waals surface area contributed by atoms with Crippen molar-refractivity contribution in [1.29, 1.82) is 0 Å². The van der Waals surface area contributed by atoms with E-state index in [2.05, 4.69) is 4.90 Å². The molecule has 0 radical (unpaired) electrons. The number of anilines is 2. The van der Waals surface area contributed by atoms with Crippen molar-refractivity contribution in [2.75, 3.05) is 70.5 Å². The first-order valence-electron chi connectivity index (χ1n) is 9.29. The second-order valence-electron chi connectivity index (χ2n) is 7.03. The van der Waals surface area contributed by atoms with Crippen LogP contribution in [0.25, 0.3) is 0 Å². The number of hydrogen-bond donors (Lipinski definition) is 1. The predicted octanol–water partition coefficient (Wildman–Crippen LogP) is 2.12. The molecule has 1 heterocycles. The summed E-state index contributed by atoms with van der Waals surface area (Å²) in [6.45, 7) is 2.19. The molecule has 0 aromatic heterocycles. The van der Waals surface area contributed by atoms with Crippen LogP contribution in [0.15, 0.2) is 18.2 Å². The standard InChI is InChI=1S/C19H26F3N3O5.ClH/c1-23-6-8-24(9-7-23)13-4-5-15(17(26)27)16(10-13)25(18(28)19(20,21)22)14(11-29-2)12-30-3;/h4-5,10,14H,6-9,11-12H2,1-3H3,(H,26,27);1H. The molecule has 12 heteroatoms. The smallest absolute Gasteiger partial charge is 0.471 e. The Bertz CT molecular complexity index is 752. The number of aromatic carboxylic acids is 1. The number of rotatable bonds is 8. The van der Waals surface area contributed by atoms with Gasteiger partial charge in [-0.05, 0) is 25.2 Å². The lowest BCUT2D eigenvalue weighted by Gasteiger charge is -2.36. The van der Waals surface area contributed by atoms with Gasteiger partial charge in [0.2, 0.25) is 0 Å². The molecule has 1 aromatic carbocycles. The van der Waals surface area contributed by atoms with Crippen LogP contribution >= 0.6 is 12.4 Å². The molecule has 1 amide bonds. The number of amides is 1. The fourth-order valence-electron chi connectivity index (χ4n) is 3.35. The van der Waals surface area contributed by atoms with Gasteiger partial charge in [-0.15, -0.1) is 12.4 Å². The molecule has 1 aliphatic heterocycles. The molecule has 1 N–H and O–H groups in total. The van der Waals surface area contributed by atoms with E-state index in [9.17, 15) is 27.9 Å². The SMILES string of the molecule is COCC(COC)N(C(=O)C(F)(F)F)c1cc(N2CCN(C)CC2)ccc1C(=O)O.Cl. The summed E-state index contributed by atoms with van der Waals surface area (Å²) in [5, 5.41) is 9.57. The number of likely N-dealkylation sites (N-methyl/N-ethyl adjacent to an activating group) is 1. The third-order valence-electron chi connectivity index (χ3n) is 4.88. The first-order valence-corrected chi connectivity index (χ1v) is 9.29. The number of halogens is 4. The zero-order chi connectivity index (χ0) is 22.5. The lowest BCUT2D eigenvalue weighted by atomic mass is 10.1. The third-order valence-corrected chi connectivity index (χ3v) is 4.88. The van der Waals surface area contributed by atoms with Crippen LogP contribution in [0.1, 0.15) is 10.4 Å². The van der Waals surface area contributed by atoms with Crippen LogP contribution in [0.2, 0.25) is 0 Å². The summed E-state index contributed by atoms with van der Waals surface area (Å²) in [5.74, 6) is -3.62. The highest BCUT2D eigenvalue weighted by Crippen LogP contribution is 2.33. The molecule has 1 aliphatic rings. The Labute approximate surface area is 184 Å². The molecule has 0 bridgehead atoms. The molecule has 8 nitrogen and oxygen atoms in total. The molecular formula is C19H27ClF3N3O5. The minimum absolute atomic E-state index is 0. The molecular weight excluding hydrogens is 443 g/mol. The lowest BCUT2D eigenvalue weighted by Crippen LogP contribution is -2.51. The maximum absolute atomic E-state index is 13.4. The molecule has 176 valence electrons.